The van der Waals surface area contributed by atoms with Crippen molar-refractivity contribution in [2.45, 2.75) is 47.6 Å². The summed E-state index contributed by atoms with van der Waals surface area (Å²) in [5, 5.41) is 12.6. The molecule has 2 bridgehead atoms. The molecule has 174 valence electrons. The topological polar surface area (TPSA) is 95.9 Å². The van der Waals surface area contributed by atoms with Crippen LogP contribution in [0.2, 0.25) is 5.02 Å². The van der Waals surface area contributed by atoms with Crippen molar-refractivity contribution in [1.82, 2.24) is 4.90 Å². The van der Waals surface area contributed by atoms with Crippen molar-refractivity contribution in [3.05, 3.63) is 28.8 Å². The van der Waals surface area contributed by atoms with E-state index in [9.17, 15) is 19.5 Å². The fraction of sp³-hybridized carbons (Fsp3) is 0.591. The molecule has 1 spiro atoms. The second-order valence-corrected chi connectivity index (χ2v) is 11.6. The number of carbonyl (C=O) groups is 3. The normalized spacial score (nSPS) is 32.8. The number of anilines is 1. The summed E-state index contributed by atoms with van der Waals surface area (Å²) in [5.74, 6) is -2.18. The minimum atomic E-state index is -0.781. The first-order chi connectivity index (χ1) is 15.3. The Morgan fingerprint density at radius 2 is 2.19 bits per heavy atom. The summed E-state index contributed by atoms with van der Waals surface area (Å²) in [4.78, 5) is 41.7. The Bertz CT molecular complexity index is 929. The molecule has 10 heteroatoms. The molecule has 3 aliphatic heterocycles. The quantitative estimate of drug-likeness (QED) is 0.404. The number of aryl methyl sites for hydroxylation is 1. The van der Waals surface area contributed by atoms with Crippen LogP contribution in [0.15, 0.2) is 18.2 Å². The Labute approximate surface area is 204 Å². The third-order valence-corrected chi connectivity index (χ3v) is 10.2. The number of hydrogen-bond acceptors (Lipinski definition) is 6. The zero-order chi connectivity index (χ0) is 23.2. The van der Waals surface area contributed by atoms with Gasteiger partial charge >= 0.3 is 5.97 Å². The number of likely N-dealkylation sites (tertiary alicyclic amines) is 1. The molecule has 3 fully saturated rings. The van der Waals surface area contributed by atoms with Crippen LogP contribution in [0.1, 0.15) is 25.3 Å². The van der Waals surface area contributed by atoms with Gasteiger partial charge in [-0.2, -0.15) is 0 Å². The van der Waals surface area contributed by atoms with Gasteiger partial charge in [0, 0.05) is 23.2 Å². The lowest BCUT2D eigenvalue weighted by Crippen LogP contribution is -2.52. The number of carbonyl (C=O) groups excluding carboxylic acids is 3. The molecule has 3 saturated heterocycles. The Kier molecular flexibility index (Phi) is 6.83. The van der Waals surface area contributed by atoms with Gasteiger partial charge in [0.25, 0.3) is 0 Å². The van der Waals surface area contributed by atoms with Crippen LogP contribution in [0, 0.1) is 18.8 Å². The van der Waals surface area contributed by atoms with Gasteiger partial charge in [-0.15, -0.1) is 11.8 Å². The SMILES string of the molecule is CCOC(=O)[C@H]1[C@H]2C(=O)N(CCCO)C(C(=O)Nc3c(C)cccc3Cl)C23CC(Br)[C@@H]1S3. The van der Waals surface area contributed by atoms with Gasteiger partial charge in [-0.1, -0.05) is 39.7 Å². The first-order valence-electron chi connectivity index (χ1n) is 10.7. The van der Waals surface area contributed by atoms with Crippen LogP contribution in [-0.4, -0.2) is 68.4 Å². The molecule has 32 heavy (non-hydrogen) atoms. The van der Waals surface area contributed by atoms with Crippen LogP contribution < -0.4 is 5.32 Å². The Morgan fingerprint density at radius 3 is 2.84 bits per heavy atom. The zero-order valence-corrected chi connectivity index (χ0v) is 21.0. The summed E-state index contributed by atoms with van der Waals surface area (Å²) in [6.45, 7) is 3.97. The number of amides is 2. The number of aliphatic hydroxyl groups excluding tert-OH is 1. The van der Waals surface area contributed by atoms with Crippen molar-refractivity contribution in [2.75, 3.05) is 25.1 Å². The number of alkyl halides is 1. The predicted octanol–water partition coefficient (Wildman–Crippen LogP) is 3.00. The highest BCUT2D eigenvalue weighted by atomic mass is 79.9. The van der Waals surface area contributed by atoms with Crippen LogP contribution >= 0.6 is 39.3 Å². The highest BCUT2D eigenvalue weighted by Gasteiger charge is 2.75. The minimum Gasteiger partial charge on any atom is -0.466 e. The van der Waals surface area contributed by atoms with Crippen molar-refractivity contribution >= 4 is 62.8 Å². The van der Waals surface area contributed by atoms with E-state index < -0.39 is 22.6 Å². The maximum Gasteiger partial charge on any atom is 0.310 e. The maximum absolute atomic E-state index is 13.7. The summed E-state index contributed by atoms with van der Waals surface area (Å²) < 4.78 is 4.57. The number of aliphatic hydroxyl groups is 1. The van der Waals surface area contributed by atoms with Gasteiger partial charge in [0.1, 0.15) is 6.04 Å². The fourth-order valence-electron chi connectivity index (χ4n) is 5.40. The zero-order valence-electron chi connectivity index (χ0n) is 17.8. The van der Waals surface area contributed by atoms with E-state index in [0.717, 1.165) is 5.56 Å². The number of nitrogens with one attached hydrogen (secondary N) is 1. The summed E-state index contributed by atoms with van der Waals surface area (Å²) in [6, 6.07) is 4.59. The first kappa shape index (κ1) is 23.9. The molecule has 7 nitrogen and oxygen atoms in total. The lowest BCUT2D eigenvalue weighted by Gasteiger charge is -2.35. The summed E-state index contributed by atoms with van der Waals surface area (Å²) >= 11 is 11.6. The summed E-state index contributed by atoms with van der Waals surface area (Å²) in [5.41, 5.74) is 1.33. The van der Waals surface area contributed by atoms with Crippen LogP contribution in [0.25, 0.3) is 0 Å². The Balaban J connectivity index is 1.73. The number of benzene rings is 1. The van der Waals surface area contributed by atoms with Crippen LogP contribution in [-0.2, 0) is 19.1 Å². The second kappa shape index (κ2) is 9.16. The average molecular weight is 546 g/mol. The fourth-order valence-corrected chi connectivity index (χ4v) is 9.27. The number of hydrogen-bond donors (Lipinski definition) is 2. The van der Waals surface area contributed by atoms with Gasteiger partial charge in [-0.05, 0) is 38.3 Å². The van der Waals surface area contributed by atoms with E-state index >= 15 is 0 Å². The number of thioether (sulfide) groups is 1. The van der Waals surface area contributed by atoms with E-state index in [4.69, 9.17) is 16.3 Å². The lowest BCUT2D eigenvalue weighted by atomic mass is 9.71. The van der Waals surface area contributed by atoms with Crippen LogP contribution in [0.4, 0.5) is 5.69 Å². The highest BCUT2D eigenvalue weighted by Crippen LogP contribution is 2.67. The van der Waals surface area contributed by atoms with Crippen molar-refractivity contribution in [2.24, 2.45) is 11.8 Å². The van der Waals surface area contributed by atoms with Crippen molar-refractivity contribution in [3.8, 4) is 0 Å². The third-order valence-electron chi connectivity index (χ3n) is 6.62. The van der Waals surface area contributed by atoms with E-state index in [1.165, 1.54) is 0 Å². The van der Waals surface area contributed by atoms with E-state index in [-0.39, 0.29) is 47.6 Å². The molecule has 3 aliphatic rings. The van der Waals surface area contributed by atoms with E-state index in [1.807, 2.05) is 19.1 Å². The molecule has 0 saturated carbocycles. The van der Waals surface area contributed by atoms with E-state index in [1.54, 1.807) is 29.7 Å². The van der Waals surface area contributed by atoms with Crippen molar-refractivity contribution < 1.29 is 24.2 Å². The molecule has 0 aliphatic carbocycles. The monoisotopic (exact) mass is 544 g/mol. The number of esters is 1. The van der Waals surface area contributed by atoms with Crippen molar-refractivity contribution in [1.29, 1.82) is 0 Å². The smallest absolute Gasteiger partial charge is 0.310 e. The predicted molar refractivity (Wildman–Crippen MR) is 127 cm³/mol. The second-order valence-electron chi connectivity index (χ2n) is 8.45. The summed E-state index contributed by atoms with van der Waals surface area (Å²) in [7, 11) is 0. The molecule has 2 amide bonds. The molecule has 0 radical (unpaired) electrons. The maximum atomic E-state index is 13.7. The van der Waals surface area contributed by atoms with Gasteiger partial charge < -0.3 is 20.1 Å². The van der Waals surface area contributed by atoms with Crippen LogP contribution in [0.5, 0.6) is 0 Å². The molecular weight excluding hydrogens is 520 g/mol. The molecule has 6 atom stereocenters. The molecule has 1 aromatic rings. The number of rotatable bonds is 7. The van der Waals surface area contributed by atoms with Gasteiger partial charge in [0.2, 0.25) is 11.8 Å². The van der Waals surface area contributed by atoms with E-state index in [0.29, 0.717) is 23.6 Å². The number of halogens is 2. The molecule has 3 heterocycles. The number of ether oxygens (including phenoxy) is 1. The molecule has 0 aromatic heterocycles. The number of nitrogens with zero attached hydrogens (tertiary/aromatic N) is 1. The third kappa shape index (κ3) is 3.65. The number of fused-ring (bicyclic) bond motifs is 1. The van der Waals surface area contributed by atoms with Crippen LogP contribution in [0.3, 0.4) is 0 Å². The molecule has 1 aromatic carbocycles. The van der Waals surface area contributed by atoms with Gasteiger partial charge in [0.05, 0.1) is 33.9 Å². The van der Waals surface area contributed by atoms with E-state index in [2.05, 4.69) is 21.2 Å². The summed E-state index contributed by atoms with van der Waals surface area (Å²) in [6.07, 6.45) is 0.934. The lowest BCUT2D eigenvalue weighted by molar-refractivity contribution is -0.153. The standard InChI is InChI=1S/C22H26BrClN2O5S/c1-3-31-21(30)14-15-20(29)26(8-5-9-27)18(22(15)10-12(23)17(14)32-22)19(28)25-16-11(2)6-4-7-13(16)24/h4,6-7,12,14-15,17-18,27H,3,5,8-10H2,1-2H3,(H,25,28)/t12?,14-,15-,17-,18?,22?/m0/s1. The Hall–Kier alpha value is -1.29. The largest absolute Gasteiger partial charge is 0.466 e. The first-order valence-corrected chi connectivity index (χ1v) is 12.9. The molecule has 2 N–H and O–H groups in total. The van der Waals surface area contributed by atoms with Gasteiger partial charge in [0.15, 0.2) is 0 Å². The van der Waals surface area contributed by atoms with Gasteiger partial charge in [-0.3, -0.25) is 14.4 Å². The minimum absolute atomic E-state index is 0.0129. The highest BCUT2D eigenvalue weighted by molar-refractivity contribution is 9.09. The average Bonchev–Trinajstić information content (AvgIpc) is 3.33. The molecule has 4 rings (SSSR count). The number of para-hydroxylation sites is 1. The molecule has 3 unspecified atom stereocenters. The Morgan fingerprint density at radius 1 is 1.44 bits per heavy atom. The van der Waals surface area contributed by atoms with Gasteiger partial charge in [-0.25, -0.2) is 0 Å². The van der Waals surface area contributed by atoms with Crippen molar-refractivity contribution in [3.63, 3.8) is 0 Å². The molecular formula is C22H26BrClN2O5S.